The van der Waals surface area contributed by atoms with E-state index in [1.807, 2.05) is 29.2 Å². The zero-order valence-electron chi connectivity index (χ0n) is 18.0. The molecule has 1 amide bonds. The van der Waals surface area contributed by atoms with E-state index in [1.54, 1.807) is 50.5 Å². The van der Waals surface area contributed by atoms with Crippen molar-refractivity contribution in [3.05, 3.63) is 65.9 Å². The highest BCUT2D eigenvalue weighted by molar-refractivity contribution is 6.30. The van der Waals surface area contributed by atoms with E-state index in [9.17, 15) is 4.79 Å². The molecule has 166 valence electrons. The lowest BCUT2D eigenvalue weighted by Gasteiger charge is -2.38. The minimum Gasteiger partial charge on any atom is -0.478 e. The molecule has 0 saturated carbocycles. The summed E-state index contributed by atoms with van der Waals surface area (Å²) in [5.41, 5.74) is -0.0755. The van der Waals surface area contributed by atoms with E-state index in [-0.39, 0.29) is 5.91 Å². The second-order valence-corrected chi connectivity index (χ2v) is 8.42. The van der Waals surface area contributed by atoms with Gasteiger partial charge < -0.3 is 19.9 Å². The van der Waals surface area contributed by atoms with Crippen molar-refractivity contribution in [1.29, 1.82) is 0 Å². The van der Waals surface area contributed by atoms with E-state index in [0.717, 1.165) is 11.5 Å². The van der Waals surface area contributed by atoms with Gasteiger partial charge in [0.1, 0.15) is 5.75 Å². The number of rotatable bonds is 6. The van der Waals surface area contributed by atoms with Gasteiger partial charge in [-0.1, -0.05) is 11.6 Å². The van der Waals surface area contributed by atoms with Gasteiger partial charge in [0.05, 0.1) is 0 Å². The molecule has 0 spiro atoms. The van der Waals surface area contributed by atoms with Crippen molar-refractivity contribution in [1.82, 2.24) is 20.1 Å². The summed E-state index contributed by atoms with van der Waals surface area (Å²) in [6, 6.07) is 14.6. The number of halogens is 1. The van der Waals surface area contributed by atoms with Gasteiger partial charge in [0.25, 0.3) is 5.91 Å². The lowest BCUT2D eigenvalue weighted by atomic mass is 10.1. The predicted octanol–water partition coefficient (Wildman–Crippen LogP) is 3.77. The number of carbonyl (C=O) groups excluding carboxylic acids is 1. The fraction of sp³-hybridized carbons (Fsp3) is 0.304. The Morgan fingerprint density at radius 1 is 0.969 bits per heavy atom. The molecule has 1 N–H and O–H groups in total. The molecule has 1 saturated heterocycles. The van der Waals surface area contributed by atoms with E-state index in [1.165, 1.54) is 0 Å². The van der Waals surface area contributed by atoms with Gasteiger partial charge in [0, 0.05) is 49.3 Å². The van der Waals surface area contributed by atoms with Crippen LogP contribution < -0.4 is 15.0 Å². The van der Waals surface area contributed by atoms with Crippen molar-refractivity contribution < 1.29 is 9.53 Å². The number of pyridine rings is 1. The number of hydrogen-bond acceptors (Lipinski definition) is 7. The summed E-state index contributed by atoms with van der Waals surface area (Å²) in [5.74, 6) is 2.01. The molecule has 1 aliphatic rings. The maximum absolute atomic E-state index is 13.1. The van der Waals surface area contributed by atoms with Crippen LogP contribution in [-0.4, -0.2) is 57.8 Å². The van der Waals surface area contributed by atoms with E-state index in [0.29, 0.717) is 42.8 Å². The number of benzene rings is 1. The quantitative estimate of drug-likeness (QED) is 0.609. The van der Waals surface area contributed by atoms with Gasteiger partial charge in [0.15, 0.2) is 17.2 Å². The number of carbonyl (C=O) groups is 1. The van der Waals surface area contributed by atoms with E-state index in [4.69, 9.17) is 16.3 Å². The number of anilines is 3. The van der Waals surface area contributed by atoms with Crippen molar-refractivity contribution in [2.75, 3.05) is 36.4 Å². The second-order valence-electron chi connectivity index (χ2n) is 7.98. The molecule has 32 heavy (non-hydrogen) atoms. The Balaban J connectivity index is 1.32. The fourth-order valence-electron chi connectivity index (χ4n) is 3.50. The summed E-state index contributed by atoms with van der Waals surface area (Å²) in [5, 5.41) is 12.4. The highest BCUT2D eigenvalue weighted by Gasteiger charge is 2.36. The molecular formula is C23H25ClN6O2. The normalized spacial score (nSPS) is 14.2. The number of nitrogens with one attached hydrogen (secondary N) is 1. The van der Waals surface area contributed by atoms with Gasteiger partial charge in [-0.25, -0.2) is 0 Å². The molecule has 2 aromatic heterocycles. The SMILES string of the molecule is CC(C)(Oc1ccc(Cl)cc1)C(=O)N1CCN(c2ccc(Nc3ccncc3)nn2)CC1. The van der Waals surface area contributed by atoms with Crippen molar-refractivity contribution in [2.45, 2.75) is 19.4 Å². The van der Waals surface area contributed by atoms with Crippen LogP contribution in [-0.2, 0) is 4.79 Å². The molecule has 3 aromatic rings. The maximum atomic E-state index is 13.1. The van der Waals surface area contributed by atoms with Gasteiger partial charge >= 0.3 is 0 Å². The third-order valence-corrected chi connectivity index (χ3v) is 5.45. The number of ether oxygens (including phenoxy) is 1. The first-order valence-electron chi connectivity index (χ1n) is 10.4. The van der Waals surface area contributed by atoms with Crippen LogP contribution >= 0.6 is 11.6 Å². The van der Waals surface area contributed by atoms with Gasteiger partial charge in [0.2, 0.25) is 0 Å². The standard InChI is InChI=1S/C23H25ClN6O2/c1-23(2,32-19-5-3-17(24)4-6-19)22(31)30-15-13-29(14-16-30)21-8-7-20(27-28-21)26-18-9-11-25-12-10-18/h3-12H,13-16H2,1-2H3,(H,25,26,27). The van der Waals surface area contributed by atoms with Gasteiger partial charge in [-0.2, -0.15) is 0 Å². The first-order valence-corrected chi connectivity index (χ1v) is 10.8. The van der Waals surface area contributed by atoms with E-state index in [2.05, 4.69) is 25.4 Å². The number of piperazine rings is 1. The van der Waals surface area contributed by atoms with Crippen LogP contribution in [0.25, 0.3) is 0 Å². The summed E-state index contributed by atoms with van der Waals surface area (Å²) >= 11 is 5.93. The summed E-state index contributed by atoms with van der Waals surface area (Å²) < 4.78 is 5.95. The summed E-state index contributed by atoms with van der Waals surface area (Å²) in [4.78, 5) is 21.0. The average Bonchev–Trinajstić information content (AvgIpc) is 2.81. The molecule has 1 aliphatic heterocycles. The highest BCUT2D eigenvalue weighted by atomic mass is 35.5. The molecule has 9 heteroatoms. The molecule has 0 radical (unpaired) electrons. The smallest absolute Gasteiger partial charge is 0.266 e. The van der Waals surface area contributed by atoms with Crippen LogP contribution in [0.1, 0.15) is 13.8 Å². The van der Waals surface area contributed by atoms with Crippen LogP contribution in [0.5, 0.6) is 5.75 Å². The largest absolute Gasteiger partial charge is 0.478 e. The molecule has 1 fully saturated rings. The topological polar surface area (TPSA) is 83.5 Å². The molecule has 0 atom stereocenters. The van der Waals surface area contributed by atoms with Gasteiger partial charge in [-0.3, -0.25) is 9.78 Å². The first kappa shape index (κ1) is 21.8. The van der Waals surface area contributed by atoms with E-state index >= 15 is 0 Å². The zero-order chi connectivity index (χ0) is 22.6. The Hall–Kier alpha value is -3.39. The zero-order valence-corrected chi connectivity index (χ0v) is 18.8. The van der Waals surface area contributed by atoms with Crippen LogP contribution in [0.2, 0.25) is 5.02 Å². The Morgan fingerprint density at radius 3 is 2.28 bits per heavy atom. The number of nitrogens with zero attached hydrogens (tertiary/aromatic N) is 5. The van der Waals surface area contributed by atoms with Crippen molar-refractivity contribution in [3.63, 3.8) is 0 Å². The van der Waals surface area contributed by atoms with Gasteiger partial charge in [-0.05, 0) is 62.4 Å². The minimum absolute atomic E-state index is 0.0462. The second kappa shape index (κ2) is 9.40. The summed E-state index contributed by atoms with van der Waals surface area (Å²) in [6.07, 6.45) is 3.43. The lowest BCUT2D eigenvalue weighted by molar-refractivity contribution is -0.145. The van der Waals surface area contributed by atoms with Crippen LogP contribution in [0.4, 0.5) is 17.3 Å². The fourth-order valence-corrected chi connectivity index (χ4v) is 3.63. The van der Waals surface area contributed by atoms with E-state index < -0.39 is 5.60 Å². The van der Waals surface area contributed by atoms with Crippen LogP contribution in [0.3, 0.4) is 0 Å². The summed E-state index contributed by atoms with van der Waals surface area (Å²) in [7, 11) is 0. The molecule has 8 nitrogen and oxygen atoms in total. The van der Waals surface area contributed by atoms with Crippen LogP contribution in [0, 0.1) is 0 Å². The van der Waals surface area contributed by atoms with Crippen molar-refractivity contribution >= 4 is 34.8 Å². The number of aromatic nitrogens is 3. The monoisotopic (exact) mass is 452 g/mol. The predicted molar refractivity (Wildman–Crippen MR) is 125 cm³/mol. The molecule has 0 aliphatic carbocycles. The van der Waals surface area contributed by atoms with Gasteiger partial charge in [-0.15, -0.1) is 10.2 Å². The minimum atomic E-state index is -0.976. The third-order valence-electron chi connectivity index (χ3n) is 5.20. The molecule has 3 heterocycles. The Bertz CT molecular complexity index is 1040. The Labute approximate surface area is 192 Å². The maximum Gasteiger partial charge on any atom is 0.266 e. The average molecular weight is 453 g/mol. The van der Waals surface area contributed by atoms with Crippen molar-refractivity contribution in [2.24, 2.45) is 0 Å². The number of amides is 1. The first-order chi connectivity index (χ1) is 15.4. The third kappa shape index (κ3) is 5.26. The molecule has 1 aromatic carbocycles. The molecular weight excluding hydrogens is 428 g/mol. The highest BCUT2D eigenvalue weighted by Crippen LogP contribution is 2.24. The Morgan fingerprint density at radius 2 is 1.66 bits per heavy atom. The molecule has 4 rings (SSSR count). The lowest BCUT2D eigenvalue weighted by Crippen LogP contribution is -2.56. The van der Waals surface area contributed by atoms with Crippen LogP contribution in [0.15, 0.2) is 60.9 Å². The Kier molecular flexibility index (Phi) is 6.41. The summed E-state index contributed by atoms with van der Waals surface area (Å²) in [6.45, 7) is 6.10. The molecule has 0 unspecified atom stereocenters. The van der Waals surface area contributed by atoms with Crippen molar-refractivity contribution in [3.8, 4) is 5.75 Å². The molecule has 0 bridgehead atoms. The number of hydrogen-bond donors (Lipinski definition) is 1.